The largest absolute Gasteiger partial charge is 0.396 e. The van der Waals surface area contributed by atoms with Crippen molar-refractivity contribution in [1.29, 1.82) is 0 Å². The highest BCUT2D eigenvalue weighted by atomic mass is 15.2. The molecule has 0 atom stereocenters. The molecule has 1 aromatic heterocycles. The van der Waals surface area contributed by atoms with Gasteiger partial charge >= 0.3 is 0 Å². The van der Waals surface area contributed by atoms with Crippen molar-refractivity contribution in [2.24, 2.45) is 0 Å². The number of pyridine rings is 1. The number of anilines is 3. The maximum atomic E-state index is 5.57. The lowest BCUT2D eigenvalue weighted by atomic mass is 10.2. The van der Waals surface area contributed by atoms with Gasteiger partial charge in [0, 0.05) is 13.1 Å². The lowest BCUT2D eigenvalue weighted by molar-refractivity contribution is 0.610. The third kappa shape index (κ3) is 1.05. The Hall–Kier alpha value is -1.45. The Kier molecular flexibility index (Phi) is 1.53. The molecule has 4 nitrogen and oxygen atoms in total. The second-order valence-electron chi connectivity index (χ2n) is 2.98. The van der Waals surface area contributed by atoms with E-state index in [4.69, 9.17) is 11.5 Å². The fourth-order valence-corrected chi connectivity index (χ4v) is 1.20. The Bertz CT molecular complexity index is 293. The zero-order valence-electron chi connectivity index (χ0n) is 6.83. The fourth-order valence-electron chi connectivity index (χ4n) is 1.20. The van der Waals surface area contributed by atoms with Crippen molar-refractivity contribution in [3.63, 3.8) is 0 Å². The molecule has 1 aliphatic rings. The van der Waals surface area contributed by atoms with Crippen LogP contribution in [0.5, 0.6) is 0 Å². The third-order valence-corrected chi connectivity index (χ3v) is 2.12. The van der Waals surface area contributed by atoms with Gasteiger partial charge in [-0.25, -0.2) is 4.98 Å². The van der Waals surface area contributed by atoms with E-state index in [1.807, 2.05) is 6.07 Å². The summed E-state index contributed by atoms with van der Waals surface area (Å²) in [6, 6.07) is 3.71. The van der Waals surface area contributed by atoms with E-state index in [2.05, 4.69) is 9.88 Å². The van der Waals surface area contributed by atoms with Crippen LogP contribution in [0.2, 0.25) is 0 Å². The van der Waals surface area contributed by atoms with Crippen molar-refractivity contribution in [2.45, 2.75) is 6.42 Å². The summed E-state index contributed by atoms with van der Waals surface area (Å²) in [5.41, 5.74) is 11.7. The van der Waals surface area contributed by atoms with Crippen molar-refractivity contribution in [3.05, 3.63) is 12.1 Å². The number of nitrogens with two attached hydrogens (primary N) is 2. The molecule has 0 spiro atoms. The van der Waals surface area contributed by atoms with Crippen molar-refractivity contribution in [3.8, 4) is 0 Å². The lowest BCUT2D eigenvalue weighted by Gasteiger charge is -2.32. The summed E-state index contributed by atoms with van der Waals surface area (Å²) in [6.45, 7) is 2.16. The maximum Gasteiger partial charge on any atom is 0.149 e. The van der Waals surface area contributed by atoms with Gasteiger partial charge in [0.15, 0.2) is 0 Å². The zero-order chi connectivity index (χ0) is 8.55. The van der Waals surface area contributed by atoms with E-state index in [1.54, 1.807) is 6.07 Å². The number of rotatable bonds is 1. The van der Waals surface area contributed by atoms with Gasteiger partial charge < -0.3 is 16.4 Å². The van der Waals surface area contributed by atoms with Gasteiger partial charge in [-0.3, -0.25) is 0 Å². The fraction of sp³-hybridized carbons (Fsp3) is 0.375. The molecule has 4 N–H and O–H groups in total. The topological polar surface area (TPSA) is 68.2 Å². The van der Waals surface area contributed by atoms with Crippen LogP contribution in [0.4, 0.5) is 17.3 Å². The van der Waals surface area contributed by atoms with Gasteiger partial charge in [0.2, 0.25) is 0 Å². The van der Waals surface area contributed by atoms with Crippen LogP contribution in [-0.4, -0.2) is 18.1 Å². The average Bonchev–Trinajstić information content (AvgIpc) is 1.93. The Labute approximate surface area is 71.2 Å². The quantitative estimate of drug-likeness (QED) is 0.632. The molecule has 0 amide bonds. The van der Waals surface area contributed by atoms with E-state index in [0.29, 0.717) is 11.5 Å². The number of nitrogens with zero attached hydrogens (tertiary/aromatic N) is 2. The van der Waals surface area contributed by atoms with Crippen molar-refractivity contribution >= 4 is 17.3 Å². The van der Waals surface area contributed by atoms with Gasteiger partial charge in [0.25, 0.3) is 0 Å². The van der Waals surface area contributed by atoms with Gasteiger partial charge in [-0.05, 0) is 18.6 Å². The smallest absolute Gasteiger partial charge is 0.149 e. The minimum absolute atomic E-state index is 0.430. The van der Waals surface area contributed by atoms with Crippen LogP contribution in [0.25, 0.3) is 0 Å². The summed E-state index contributed by atoms with van der Waals surface area (Å²) < 4.78 is 0. The Balaban J connectivity index is 2.27. The van der Waals surface area contributed by atoms with E-state index in [-0.39, 0.29) is 0 Å². The minimum atomic E-state index is 0.430. The van der Waals surface area contributed by atoms with E-state index < -0.39 is 0 Å². The summed E-state index contributed by atoms with van der Waals surface area (Å²) in [5.74, 6) is 1.37. The second kappa shape index (κ2) is 2.55. The molecule has 1 saturated heterocycles. The summed E-state index contributed by atoms with van der Waals surface area (Å²) in [7, 11) is 0. The summed E-state index contributed by atoms with van der Waals surface area (Å²) in [5, 5.41) is 0. The molecule has 0 bridgehead atoms. The van der Waals surface area contributed by atoms with Gasteiger partial charge in [-0.1, -0.05) is 0 Å². The second-order valence-corrected chi connectivity index (χ2v) is 2.98. The predicted molar refractivity (Wildman–Crippen MR) is 49.9 cm³/mol. The van der Waals surface area contributed by atoms with Crippen molar-refractivity contribution < 1.29 is 0 Å². The van der Waals surface area contributed by atoms with Crippen LogP contribution in [0.3, 0.4) is 0 Å². The third-order valence-electron chi connectivity index (χ3n) is 2.12. The van der Waals surface area contributed by atoms with E-state index >= 15 is 0 Å². The summed E-state index contributed by atoms with van der Waals surface area (Å²) in [4.78, 5) is 6.35. The highest BCUT2D eigenvalue weighted by molar-refractivity contribution is 5.62. The highest BCUT2D eigenvalue weighted by Crippen LogP contribution is 2.21. The van der Waals surface area contributed by atoms with Crippen LogP contribution in [-0.2, 0) is 0 Å². The molecule has 64 valence electrons. The molecule has 1 aromatic rings. The van der Waals surface area contributed by atoms with Crippen LogP contribution in [0.15, 0.2) is 12.1 Å². The number of aromatic nitrogens is 1. The molecule has 12 heavy (non-hydrogen) atoms. The van der Waals surface area contributed by atoms with E-state index in [1.165, 1.54) is 6.42 Å². The van der Waals surface area contributed by atoms with Crippen molar-refractivity contribution in [2.75, 3.05) is 29.5 Å². The minimum Gasteiger partial charge on any atom is -0.396 e. The number of nitrogen functional groups attached to an aromatic ring is 2. The highest BCUT2D eigenvalue weighted by Gasteiger charge is 2.15. The lowest BCUT2D eigenvalue weighted by Crippen LogP contribution is -2.37. The molecule has 2 heterocycles. The first-order chi connectivity index (χ1) is 5.77. The molecule has 1 aliphatic heterocycles. The molecule has 4 heteroatoms. The Morgan fingerprint density at radius 2 is 2.00 bits per heavy atom. The zero-order valence-corrected chi connectivity index (χ0v) is 6.83. The molecule has 0 unspecified atom stereocenters. The Morgan fingerprint density at radius 3 is 2.50 bits per heavy atom. The molecule has 1 fully saturated rings. The molecular formula is C8H12N4. The SMILES string of the molecule is Nc1ccc(N2CCC2)nc1N. The van der Waals surface area contributed by atoms with Crippen LogP contribution >= 0.6 is 0 Å². The first-order valence-corrected chi connectivity index (χ1v) is 4.04. The van der Waals surface area contributed by atoms with E-state index in [0.717, 1.165) is 18.9 Å². The first kappa shape index (κ1) is 7.21. The van der Waals surface area contributed by atoms with Gasteiger partial charge in [0.05, 0.1) is 5.69 Å². The molecular weight excluding hydrogens is 152 g/mol. The van der Waals surface area contributed by atoms with Gasteiger partial charge in [-0.15, -0.1) is 0 Å². The van der Waals surface area contributed by atoms with Crippen molar-refractivity contribution in [1.82, 2.24) is 4.98 Å². The number of hydrogen-bond acceptors (Lipinski definition) is 4. The van der Waals surface area contributed by atoms with Gasteiger partial charge in [0.1, 0.15) is 11.6 Å². The maximum absolute atomic E-state index is 5.57. The molecule has 0 saturated carbocycles. The van der Waals surface area contributed by atoms with Crippen LogP contribution in [0.1, 0.15) is 6.42 Å². The molecule has 2 rings (SSSR count). The number of hydrogen-bond donors (Lipinski definition) is 2. The monoisotopic (exact) mass is 164 g/mol. The predicted octanol–water partition coefficient (Wildman–Crippen LogP) is 0.456. The van der Waals surface area contributed by atoms with Crippen LogP contribution in [0, 0.1) is 0 Å². The normalized spacial score (nSPS) is 15.8. The van der Waals surface area contributed by atoms with E-state index in [9.17, 15) is 0 Å². The van der Waals surface area contributed by atoms with Crippen LogP contribution < -0.4 is 16.4 Å². The first-order valence-electron chi connectivity index (χ1n) is 4.04. The summed E-state index contributed by atoms with van der Waals surface area (Å²) in [6.07, 6.45) is 1.24. The molecule has 0 radical (unpaired) electrons. The average molecular weight is 164 g/mol. The standard InChI is InChI=1S/C8H12N4/c9-6-2-3-7(11-8(6)10)12-4-1-5-12/h2-3H,1,4-5,9H2,(H2,10,11). The Morgan fingerprint density at radius 1 is 1.25 bits per heavy atom. The summed E-state index contributed by atoms with van der Waals surface area (Å²) >= 11 is 0. The molecule has 0 aromatic carbocycles. The van der Waals surface area contributed by atoms with Gasteiger partial charge in [-0.2, -0.15) is 0 Å². The molecule has 0 aliphatic carbocycles.